The Morgan fingerprint density at radius 3 is 2.34 bits per heavy atom. The first kappa shape index (κ1) is 25.9. The van der Waals surface area contributed by atoms with Crippen molar-refractivity contribution in [1.82, 2.24) is 15.5 Å². The van der Waals surface area contributed by atoms with Crippen LogP contribution in [0.3, 0.4) is 0 Å². The lowest BCUT2D eigenvalue weighted by Gasteiger charge is -2.27. The molecule has 1 aliphatic heterocycles. The third kappa shape index (κ3) is 7.62. The van der Waals surface area contributed by atoms with Gasteiger partial charge in [-0.15, -0.1) is 0 Å². The summed E-state index contributed by atoms with van der Waals surface area (Å²) in [6, 6.07) is 12.8. The molecule has 1 saturated heterocycles. The Morgan fingerprint density at radius 1 is 0.971 bits per heavy atom. The Kier molecular flexibility index (Phi) is 9.33. The first-order valence-electron chi connectivity index (χ1n) is 11.2. The molecular formula is C25H29N3O7. The van der Waals surface area contributed by atoms with Crippen molar-refractivity contribution in [3.8, 4) is 5.75 Å². The lowest BCUT2D eigenvalue weighted by atomic mass is 10.1. The quantitative estimate of drug-likeness (QED) is 0.317. The molecule has 186 valence electrons. The van der Waals surface area contributed by atoms with E-state index >= 15 is 0 Å². The van der Waals surface area contributed by atoms with Crippen molar-refractivity contribution in [3.63, 3.8) is 0 Å². The van der Waals surface area contributed by atoms with Crippen molar-refractivity contribution in [2.75, 3.05) is 40.4 Å². The highest BCUT2D eigenvalue weighted by Gasteiger charge is 2.25. The van der Waals surface area contributed by atoms with E-state index in [2.05, 4.69) is 20.3 Å². The van der Waals surface area contributed by atoms with Crippen LogP contribution in [0.5, 0.6) is 5.75 Å². The van der Waals surface area contributed by atoms with Crippen LogP contribution in [0.2, 0.25) is 0 Å². The second-order valence-corrected chi connectivity index (χ2v) is 8.00. The first-order chi connectivity index (χ1) is 16.9. The number of amides is 1. The summed E-state index contributed by atoms with van der Waals surface area (Å²) in [5, 5.41) is 5.61. The fourth-order valence-corrected chi connectivity index (χ4v) is 3.66. The second kappa shape index (κ2) is 12.6. The summed E-state index contributed by atoms with van der Waals surface area (Å²) >= 11 is 0. The van der Waals surface area contributed by atoms with E-state index < -0.39 is 29.9 Å². The number of benzene rings is 2. The minimum absolute atomic E-state index is 0.0672. The third-order valence-corrected chi connectivity index (χ3v) is 5.51. The van der Waals surface area contributed by atoms with Gasteiger partial charge in [-0.2, -0.15) is 0 Å². The van der Waals surface area contributed by atoms with Crippen LogP contribution in [0.25, 0.3) is 0 Å². The van der Waals surface area contributed by atoms with E-state index in [1.807, 2.05) is 18.2 Å². The van der Waals surface area contributed by atoms with Gasteiger partial charge in [0.1, 0.15) is 11.8 Å². The predicted octanol–water partition coefficient (Wildman–Crippen LogP) is 0.684. The molecule has 1 fully saturated rings. The summed E-state index contributed by atoms with van der Waals surface area (Å²) < 4.78 is 14.6. The molecule has 10 nitrogen and oxygen atoms in total. The maximum Gasteiger partial charge on any atom is 0.396 e. The van der Waals surface area contributed by atoms with Crippen molar-refractivity contribution in [1.29, 1.82) is 0 Å². The van der Waals surface area contributed by atoms with Gasteiger partial charge in [-0.3, -0.25) is 9.69 Å². The van der Waals surface area contributed by atoms with Crippen molar-refractivity contribution < 1.29 is 33.4 Å². The van der Waals surface area contributed by atoms with E-state index in [0.717, 1.165) is 45.4 Å². The normalized spacial score (nSPS) is 14.5. The molecule has 1 atom stereocenters. The molecule has 35 heavy (non-hydrogen) atoms. The van der Waals surface area contributed by atoms with Crippen LogP contribution in [-0.4, -0.2) is 75.2 Å². The molecule has 2 N–H and O–H groups in total. The van der Waals surface area contributed by atoms with Crippen LogP contribution < -0.4 is 15.4 Å². The number of methoxy groups -OCH3 is 2. The maximum absolute atomic E-state index is 12.7. The van der Waals surface area contributed by atoms with Crippen LogP contribution in [-0.2, 0) is 36.8 Å². The highest BCUT2D eigenvalue weighted by Crippen LogP contribution is 2.17. The Labute approximate surface area is 203 Å². The molecule has 0 aromatic heterocycles. The van der Waals surface area contributed by atoms with Gasteiger partial charge >= 0.3 is 23.8 Å². The van der Waals surface area contributed by atoms with Crippen LogP contribution >= 0.6 is 0 Å². The molecule has 10 heteroatoms. The molecular weight excluding hydrogens is 454 g/mol. The summed E-state index contributed by atoms with van der Waals surface area (Å²) in [5.41, 5.74) is 2.15. The Balaban J connectivity index is 1.60. The molecule has 0 radical (unpaired) electrons. The van der Waals surface area contributed by atoms with Crippen molar-refractivity contribution in [2.45, 2.75) is 19.0 Å². The van der Waals surface area contributed by atoms with E-state index in [1.54, 1.807) is 30.3 Å². The summed E-state index contributed by atoms with van der Waals surface area (Å²) in [6.45, 7) is 4.60. The van der Waals surface area contributed by atoms with Gasteiger partial charge in [-0.25, -0.2) is 14.4 Å². The molecule has 1 heterocycles. The van der Waals surface area contributed by atoms with Gasteiger partial charge in [0.05, 0.1) is 19.8 Å². The average molecular weight is 484 g/mol. The van der Waals surface area contributed by atoms with Gasteiger partial charge in [0, 0.05) is 39.1 Å². The van der Waals surface area contributed by atoms with Gasteiger partial charge in [0.25, 0.3) is 0 Å². The molecule has 3 rings (SSSR count). The topological polar surface area (TPSA) is 123 Å². The first-order valence-corrected chi connectivity index (χ1v) is 11.2. The van der Waals surface area contributed by atoms with Gasteiger partial charge in [0.2, 0.25) is 0 Å². The Bertz CT molecular complexity index is 1050. The number of nitrogens with zero attached hydrogens (tertiary/aromatic N) is 1. The molecule has 0 saturated carbocycles. The number of carbonyl (C=O) groups is 4. The molecule has 0 bridgehead atoms. The number of hydrogen-bond donors (Lipinski definition) is 2. The highest BCUT2D eigenvalue weighted by molar-refractivity contribution is 6.32. The summed E-state index contributed by atoms with van der Waals surface area (Å²) in [4.78, 5) is 50.2. The van der Waals surface area contributed by atoms with Crippen LogP contribution in [0, 0.1) is 0 Å². The molecule has 1 amide bonds. The standard InChI is InChI=1S/C25H29N3O7/c1-33-24(31)21(27-22(29)25(32)34-2)15-17-6-8-20(9-7-17)35-23(30)19-5-3-4-18(14-19)16-28-12-10-26-11-13-28/h3-9,14,21,26H,10-13,15-16H2,1-2H3,(H,27,29). The minimum Gasteiger partial charge on any atom is -0.467 e. The molecule has 2 aromatic rings. The second-order valence-electron chi connectivity index (χ2n) is 8.00. The summed E-state index contributed by atoms with van der Waals surface area (Å²) in [6.07, 6.45) is 0.0672. The Hall–Kier alpha value is -3.76. The number of esters is 3. The smallest absolute Gasteiger partial charge is 0.396 e. The van der Waals surface area contributed by atoms with Crippen LogP contribution in [0.15, 0.2) is 48.5 Å². The number of rotatable bonds is 8. The number of hydrogen-bond acceptors (Lipinski definition) is 9. The molecule has 0 spiro atoms. The minimum atomic E-state index is -1.11. The van der Waals surface area contributed by atoms with Gasteiger partial charge in [-0.1, -0.05) is 24.3 Å². The zero-order valence-electron chi connectivity index (χ0n) is 19.7. The average Bonchev–Trinajstić information content (AvgIpc) is 2.89. The lowest BCUT2D eigenvalue weighted by molar-refractivity contribution is -0.154. The fourth-order valence-electron chi connectivity index (χ4n) is 3.66. The van der Waals surface area contributed by atoms with Gasteiger partial charge in [-0.05, 0) is 35.4 Å². The number of piperazine rings is 1. The van der Waals surface area contributed by atoms with Crippen LogP contribution in [0.4, 0.5) is 0 Å². The zero-order chi connectivity index (χ0) is 25.2. The fraction of sp³-hybridized carbons (Fsp3) is 0.360. The SMILES string of the molecule is COC(=O)C(=O)NC(Cc1ccc(OC(=O)c2cccc(CN3CCNCC3)c2)cc1)C(=O)OC. The number of carbonyl (C=O) groups excluding carboxylic acids is 4. The molecule has 2 aromatic carbocycles. The zero-order valence-corrected chi connectivity index (χ0v) is 19.7. The van der Waals surface area contributed by atoms with Gasteiger partial charge in [0.15, 0.2) is 0 Å². The number of ether oxygens (including phenoxy) is 3. The van der Waals surface area contributed by atoms with Crippen molar-refractivity contribution in [3.05, 3.63) is 65.2 Å². The number of nitrogens with one attached hydrogen (secondary N) is 2. The molecule has 1 unspecified atom stereocenters. The highest BCUT2D eigenvalue weighted by atomic mass is 16.5. The largest absolute Gasteiger partial charge is 0.467 e. The van der Waals surface area contributed by atoms with Crippen molar-refractivity contribution in [2.24, 2.45) is 0 Å². The monoisotopic (exact) mass is 483 g/mol. The Morgan fingerprint density at radius 2 is 1.69 bits per heavy atom. The maximum atomic E-state index is 12.7. The van der Waals surface area contributed by atoms with E-state index in [1.165, 1.54) is 7.11 Å². The summed E-state index contributed by atoms with van der Waals surface area (Å²) in [7, 11) is 2.25. The van der Waals surface area contributed by atoms with Gasteiger partial charge < -0.3 is 24.8 Å². The lowest BCUT2D eigenvalue weighted by Crippen LogP contribution is -2.46. The molecule has 1 aliphatic rings. The van der Waals surface area contributed by atoms with E-state index in [-0.39, 0.29) is 6.42 Å². The van der Waals surface area contributed by atoms with E-state index in [0.29, 0.717) is 16.9 Å². The predicted molar refractivity (Wildman–Crippen MR) is 126 cm³/mol. The third-order valence-electron chi connectivity index (χ3n) is 5.51. The van der Waals surface area contributed by atoms with Crippen molar-refractivity contribution >= 4 is 23.8 Å². The van der Waals surface area contributed by atoms with E-state index in [9.17, 15) is 19.2 Å². The molecule has 0 aliphatic carbocycles. The summed E-state index contributed by atoms with van der Waals surface area (Å²) in [5.74, 6) is -3.01. The van der Waals surface area contributed by atoms with E-state index in [4.69, 9.17) is 9.47 Å². The van der Waals surface area contributed by atoms with Crippen LogP contribution in [0.1, 0.15) is 21.5 Å².